The molecule has 0 aliphatic rings. The van der Waals surface area contributed by atoms with Crippen LogP contribution < -0.4 is 5.32 Å². The standard InChI is InChI=1S/C12H14ClF2NO2/c1-3-12(2,6-17)16-11(18)7-4-9(14)10(15)5-8(7)13/h4-5,17H,3,6H2,1-2H3,(H,16,18). The summed E-state index contributed by atoms with van der Waals surface area (Å²) in [7, 11) is 0. The average Bonchev–Trinajstić information content (AvgIpc) is 2.33. The summed E-state index contributed by atoms with van der Waals surface area (Å²) >= 11 is 5.68. The molecule has 0 radical (unpaired) electrons. The van der Waals surface area contributed by atoms with E-state index < -0.39 is 23.1 Å². The molecular formula is C12H14ClF2NO2. The number of carbonyl (C=O) groups is 1. The zero-order chi connectivity index (χ0) is 13.9. The molecule has 1 amide bonds. The number of hydrogen-bond donors (Lipinski definition) is 2. The third kappa shape index (κ3) is 3.17. The minimum atomic E-state index is -1.15. The van der Waals surface area contributed by atoms with E-state index in [-0.39, 0.29) is 17.2 Å². The Morgan fingerprint density at radius 1 is 1.44 bits per heavy atom. The van der Waals surface area contributed by atoms with Crippen molar-refractivity contribution in [3.63, 3.8) is 0 Å². The van der Waals surface area contributed by atoms with Gasteiger partial charge >= 0.3 is 0 Å². The van der Waals surface area contributed by atoms with Gasteiger partial charge in [0.05, 0.1) is 22.7 Å². The second-order valence-corrected chi connectivity index (χ2v) is 4.68. The first kappa shape index (κ1) is 14.9. The van der Waals surface area contributed by atoms with Crippen LogP contribution in [-0.2, 0) is 0 Å². The van der Waals surface area contributed by atoms with Gasteiger partial charge in [0.15, 0.2) is 11.6 Å². The van der Waals surface area contributed by atoms with E-state index in [2.05, 4.69) is 5.32 Å². The number of carbonyl (C=O) groups excluding carboxylic acids is 1. The van der Waals surface area contributed by atoms with E-state index in [4.69, 9.17) is 16.7 Å². The Hall–Kier alpha value is -1.20. The van der Waals surface area contributed by atoms with Gasteiger partial charge in [0.25, 0.3) is 5.91 Å². The Morgan fingerprint density at radius 3 is 2.50 bits per heavy atom. The van der Waals surface area contributed by atoms with Gasteiger partial charge in [-0.2, -0.15) is 0 Å². The quantitative estimate of drug-likeness (QED) is 0.831. The molecule has 0 saturated heterocycles. The molecule has 0 aromatic heterocycles. The lowest BCUT2D eigenvalue weighted by Crippen LogP contribution is -2.48. The van der Waals surface area contributed by atoms with Crippen molar-refractivity contribution in [2.75, 3.05) is 6.61 Å². The smallest absolute Gasteiger partial charge is 0.253 e. The van der Waals surface area contributed by atoms with Gasteiger partial charge in [-0.1, -0.05) is 18.5 Å². The van der Waals surface area contributed by atoms with Gasteiger partial charge in [0.2, 0.25) is 0 Å². The minimum Gasteiger partial charge on any atom is -0.394 e. The molecule has 6 heteroatoms. The largest absolute Gasteiger partial charge is 0.394 e. The number of rotatable bonds is 4. The predicted molar refractivity (Wildman–Crippen MR) is 64.6 cm³/mol. The lowest BCUT2D eigenvalue weighted by atomic mass is 9.99. The molecule has 0 spiro atoms. The van der Waals surface area contributed by atoms with E-state index in [1.807, 2.05) is 0 Å². The first-order valence-corrected chi connectivity index (χ1v) is 5.78. The number of hydrogen-bond acceptors (Lipinski definition) is 2. The number of aliphatic hydroxyl groups is 1. The van der Waals surface area contributed by atoms with Gasteiger partial charge in [-0.3, -0.25) is 4.79 Å². The fourth-order valence-electron chi connectivity index (χ4n) is 1.28. The molecule has 3 nitrogen and oxygen atoms in total. The Labute approximate surface area is 109 Å². The second-order valence-electron chi connectivity index (χ2n) is 4.27. The molecule has 2 N–H and O–H groups in total. The summed E-state index contributed by atoms with van der Waals surface area (Å²) in [6, 6.07) is 1.48. The molecule has 0 bridgehead atoms. The molecule has 1 aromatic carbocycles. The van der Waals surface area contributed by atoms with Crippen molar-refractivity contribution in [3.8, 4) is 0 Å². The molecule has 1 aromatic rings. The summed E-state index contributed by atoms with van der Waals surface area (Å²) < 4.78 is 25.9. The zero-order valence-electron chi connectivity index (χ0n) is 10.1. The Bertz CT molecular complexity index is 462. The van der Waals surface area contributed by atoms with Crippen LogP contribution in [0.15, 0.2) is 12.1 Å². The van der Waals surface area contributed by atoms with Crippen molar-refractivity contribution in [1.29, 1.82) is 0 Å². The first-order valence-electron chi connectivity index (χ1n) is 5.41. The highest BCUT2D eigenvalue weighted by molar-refractivity contribution is 6.33. The molecule has 0 aliphatic heterocycles. The number of aliphatic hydroxyl groups excluding tert-OH is 1. The van der Waals surface area contributed by atoms with Gasteiger partial charge in [-0.25, -0.2) is 8.78 Å². The van der Waals surface area contributed by atoms with Crippen LogP contribution in [0.25, 0.3) is 0 Å². The van der Waals surface area contributed by atoms with Crippen LogP contribution in [0.5, 0.6) is 0 Å². The molecule has 0 fully saturated rings. The maximum atomic E-state index is 13.1. The monoisotopic (exact) mass is 277 g/mol. The summed E-state index contributed by atoms with van der Waals surface area (Å²) in [4.78, 5) is 11.9. The summed E-state index contributed by atoms with van der Waals surface area (Å²) in [6.45, 7) is 3.15. The molecule has 0 heterocycles. The van der Waals surface area contributed by atoms with Gasteiger partial charge in [0.1, 0.15) is 0 Å². The van der Waals surface area contributed by atoms with Crippen molar-refractivity contribution in [1.82, 2.24) is 5.32 Å². The lowest BCUT2D eigenvalue weighted by Gasteiger charge is -2.27. The van der Waals surface area contributed by atoms with Gasteiger partial charge < -0.3 is 10.4 Å². The van der Waals surface area contributed by atoms with E-state index in [1.54, 1.807) is 13.8 Å². The highest BCUT2D eigenvalue weighted by Crippen LogP contribution is 2.21. The predicted octanol–water partition coefficient (Wildman–Crippen LogP) is 2.51. The maximum absolute atomic E-state index is 13.1. The van der Waals surface area contributed by atoms with Crippen LogP contribution in [0, 0.1) is 11.6 Å². The molecule has 1 rings (SSSR count). The topological polar surface area (TPSA) is 49.3 Å². The normalized spacial score (nSPS) is 14.1. The fraction of sp³-hybridized carbons (Fsp3) is 0.417. The summed E-state index contributed by atoms with van der Waals surface area (Å²) in [5.74, 6) is -2.92. The average molecular weight is 278 g/mol. The number of benzene rings is 1. The number of halogens is 3. The Balaban J connectivity index is 3.01. The maximum Gasteiger partial charge on any atom is 0.253 e. The first-order chi connectivity index (χ1) is 8.33. The third-order valence-electron chi connectivity index (χ3n) is 2.80. The van der Waals surface area contributed by atoms with E-state index in [1.165, 1.54) is 0 Å². The van der Waals surface area contributed by atoms with Gasteiger partial charge in [-0.05, 0) is 25.5 Å². The zero-order valence-corrected chi connectivity index (χ0v) is 10.8. The lowest BCUT2D eigenvalue weighted by molar-refractivity contribution is 0.0847. The van der Waals surface area contributed by atoms with Crippen molar-refractivity contribution >= 4 is 17.5 Å². The Morgan fingerprint density at radius 2 is 2.00 bits per heavy atom. The number of amides is 1. The van der Waals surface area contributed by atoms with Gasteiger partial charge in [0, 0.05) is 0 Å². The molecule has 100 valence electrons. The Kier molecular flexibility index (Phi) is 4.65. The van der Waals surface area contributed by atoms with Crippen molar-refractivity contribution < 1.29 is 18.7 Å². The van der Waals surface area contributed by atoms with Crippen LogP contribution in [0.3, 0.4) is 0 Å². The van der Waals surface area contributed by atoms with Crippen LogP contribution in [0.4, 0.5) is 8.78 Å². The molecule has 1 unspecified atom stereocenters. The molecule has 0 aliphatic carbocycles. The van der Waals surface area contributed by atoms with Crippen LogP contribution >= 0.6 is 11.6 Å². The van der Waals surface area contributed by atoms with Crippen LogP contribution in [0.1, 0.15) is 30.6 Å². The third-order valence-corrected chi connectivity index (χ3v) is 3.11. The van der Waals surface area contributed by atoms with Gasteiger partial charge in [-0.15, -0.1) is 0 Å². The SMILES string of the molecule is CCC(C)(CO)NC(=O)c1cc(F)c(F)cc1Cl. The fourth-order valence-corrected chi connectivity index (χ4v) is 1.51. The van der Waals surface area contributed by atoms with E-state index in [0.29, 0.717) is 6.42 Å². The number of nitrogens with one attached hydrogen (secondary N) is 1. The van der Waals surface area contributed by atoms with Crippen molar-refractivity contribution in [2.24, 2.45) is 0 Å². The molecule has 0 saturated carbocycles. The van der Waals surface area contributed by atoms with E-state index in [9.17, 15) is 13.6 Å². The molecule has 1 atom stereocenters. The minimum absolute atomic E-state index is 0.163. The van der Waals surface area contributed by atoms with Crippen molar-refractivity contribution in [2.45, 2.75) is 25.8 Å². The van der Waals surface area contributed by atoms with E-state index >= 15 is 0 Å². The van der Waals surface area contributed by atoms with Crippen LogP contribution in [0.2, 0.25) is 5.02 Å². The second kappa shape index (κ2) is 5.63. The van der Waals surface area contributed by atoms with Crippen molar-refractivity contribution in [3.05, 3.63) is 34.4 Å². The molecular weight excluding hydrogens is 264 g/mol. The summed E-state index contributed by atoms with van der Waals surface area (Å²) in [5.41, 5.74) is -0.991. The highest BCUT2D eigenvalue weighted by Gasteiger charge is 2.25. The molecule has 18 heavy (non-hydrogen) atoms. The summed E-state index contributed by atoms with van der Waals surface area (Å²) in [5, 5.41) is 11.5. The van der Waals surface area contributed by atoms with Crippen LogP contribution in [-0.4, -0.2) is 23.2 Å². The summed E-state index contributed by atoms with van der Waals surface area (Å²) in [6.07, 6.45) is 0.483. The van der Waals surface area contributed by atoms with E-state index in [0.717, 1.165) is 12.1 Å². The highest BCUT2D eigenvalue weighted by atomic mass is 35.5.